The average Bonchev–Trinajstić information content (AvgIpc) is 3.22. The van der Waals surface area contributed by atoms with Crippen LogP contribution < -0.4 is 4.90 Å². The largest absolute Gasteiger partial charge is 0.466 e. The second kappa shape index (κ2) is 6.53. The minimum Gasteiger partial charge on any atom is -0.466 e. The summed E-state index contributed by atoms with van der Waals surface area (Å²) in [5, 5.41) is 0. The van der Waals surface area contributed by atoms with Crippen LogP contribution in [-0.4, -0.2) is 60.4 Å². The number of benzene rings is 1. The number of para-hydroxylation sites is 1. The van der Waals surface area contributed by atoms with Crippen molar-refractivity contribution < 1.29 is 14.0 Å². The summed E-state index contributed by atoms with van der Waals surface area (Å²) in [5.41, 5.74) is 1.34. The number of anilines is 1. The van der Waals surface area contributed by atoms with E-state index in [2.05, 4.69) is 4.90 Å². The number of hydrogen-bond acceptors (Lipinski definition) is 4. The monoisotopic (exact) mass is 367 g/mol. The minimum atomic E-state index is -0.216. The highest BCUT2D eigenvalue weighted by molar-refractivity contribution is 5.97. The number of carbonyl (C=O) groups excluding carboxylic acids is 2. The van der Waals surface area contributed by atoms with Crippen LogP contribution in [0.5, 0.6) is 0 Å². The van der Waals surface area contributed by atoms with Gasteiger partial charge < -0.3 is 14.2 Å². The summed E-state index contributed by atoms with van der Waals surface area (Å²) in [5.74, 6) is 1.52. The topological polar surface area (TPSA) is 57.0 Å². The lowest BCUT2D eigenvalue weighted by atomic mass is 9.92. The van der Waals surface area contributed by atoms with E-state index in [1.807, 2.05) is 67.1 Å². The molecule has 142 valence electrons. The molecule has 4 rings (SSSR count). The van der Waals surface area contributed by atoms with Crippen LogP contribution in [0.1, 0.15) is 28.3 Å². The molecule has 2 amide bonds. The molecule has 6 heteroatoms. The van der Waals surface area contributed by atoms with Gasteiger partial charge in [0, 0.05) is 25.3 Å². The van der Waals surface area contributed by atoms with Gasteiger partial charge in [0.15, 0.2) is 0 Å². The van der Waals surface area contributed by atoms with Crippen molar-refractivity contribution in [2.75, 3.05) is 38.1 Å². The molecule has 2 aliphatic rings. The number of carbonyl (C=O) groups is 2. The third-order valence-electron chi connectivity index (χ3n) is 5.89. The van der Waals surface area contributed by atoms with E-state index in [1.54, 1.807) is 0 Å². The van der Waals surface area contributed by atoms with E-state index < -0.39 is 0 Å². The van der Waals surface area contributed by atoms with Gasteiger partial charge >= 0.3 is 0 Å². The molecule has 1 unspecified atom stereocenters. The van der Waals surface area contributed by atoms with E-state index in [4.69, 9.17) is 4.42 Å². The number of nitrogens with zero attached hydrogens (tertiary/aromatic N) is 3. The Morgan fingerprint density at radius 1 is 1.15 bits per heavy atom. The molecule has 0 saturated carbocycles. The zero-order chi connectivity index (χ0) is 19.2. The van der Waals surface area contributed by atoms with Crippen molar-refractivity contribution in [3.63, 3.8) is 0 Å². The fraction of sp³-hybridized carbons (Fsp3) is 0.429. The van der Waals surface area contributed by atoms with Gasteiger partial charge in [0.1, 0.15) is 11.5 Å². The molecule has 2 saturated heterocycles. The lowest BCUT2D eigenvalue weighted by Crippen LogP contribution is -2.64. The number of aryl methyl sites for hydroxylation is 2. The highest BCUT2D eigenvalue weighted by Crippen LogP contribution is 2.34. The number of rotatable bonds is 2. The minimum absolute atomic E-state index is 0.0118. The second-order valence-electron chi connectivity index (χ2n) is 7.70. The van der Waals surface area contributed by atoms with Crippen molar-refractivity contribution in [3.05, 3.63) is 53.5 Å². The Labute approximate surface area is 159 Å². The van der Waals surface area contributed by atoms with Gasteiger partial charge in [-0.25, -0.2) is 0 Å². The molecule has 1 aromatic heterocycles. The molecule has 6 nitrogen and oxygen atoms in total. The lowest BCUT2D eigenvalue weighted by molar-refractivity contribution is -0.123. The quantitative estimate of drug-likeness (QED) is 0.818. The van der Waals surface area contributed by atoms with Gasteiger partial charge in [0.2, 0.25) is 5.91 Å². The molecule has 0 bridgehead atoms. The number of hydrogen-bond donors (Lipinski definition) is 0. The van der Waals surface area contributed by atoms with Gasteiger partial charge in [-0.05, 0) is 45.5 Å². The van der Waals surface area contributed by atoms with E-state index in [0.29, 0.717) is 37.5 Å². The highest BCUT2D eigenvalue weighted by Gasteiger charge is 2.48. The number of furan rings is 1. The fourth-order valence-corrected chi connectivity index (χ4v) is 4.29. The van der Waals surface area contributed by atoms with E-state index in [0.717, 1.165) is 17.9 Å². The first-order valence-electron chi connectivity index (χ1n) is 9.33. The van der Waals surface area contributed by atoms with Crippen LogP contribution in [0, 0.1) is 13.8 Å². The van der Waals surface area contributed by atoms with Crippen molar-refractivity contribution in [3.8, 4) is 0 Å². The van der Waals surface area contributed by atoms with Crippen LogP contribution >= 0.6 is 0 Å². The molecule has 2 aliphatic heterocycles. The molecule has 2 fully saturated rings. The summed E-state index contributed by atoms with van der Waals surface area (Å²) in [6.07, 6.45) is 0.849. The first-order valence-corrected chi connectivity index (χ1v) is 9.33. The molecule has 0 radical (unpaired) electrons. The molecule has 1 spiro atoms. The first-order chi connectivity index (χ1) is 12.9. The Morgan fingerprint density at radius 2 is 1.89 bits per heavy atom. The van der Waals surface area contributed by atoms with E-state index in [-0.39, 0.29) is 17.4 Å². The average molecular weight is 367 g/mol. The maximum atomic E-state index is 13.0. The van der Waals surface area contributed by atoms with Crippen LogP contribution in [0.25, 0.3) is 0 Å². The van der Waals surface area contributed by atoms with Crippen LogP contribution in [0.4, 0.5) is 5.69 Å². The first kappa shape index (κ1) is 17.8. The smallest absolute Gasteiger partial charge is 0.257 e. The molecule has 2 aromatic rings. The Bertz CT molecular complexity index is 876. The van der Waals surface area contributed by atoms with Crippen LogP contribution in [0.15, 0.2) is 40.8 Å². The molecule has 3 heterocycles. The molecule has 1 atom stereocenters. The standard InChI is InChI=1S/C21H25N3O3/c1-15-11-18(16(2)27-15)20(26)23-10-9-21(13-23)14-24(19(25)12-22(21)3)17-7-5-4-6-8-17/h4-8,11H,9-10,12-14H2,1-3H3. The van der Waals surface area contributed by atoms with E-state index >= 15 is 0 Å². The summed E-state index contributed by atoms with van der Waals surface area (Å²) in [7, 11) is 1.99. The van der Waals surface area contributed by atoms with Gasteiger partial charge in [-0.2, -0.15) is 0 Å². The van der Waals surface area contributed by atoms with Crippen LogP contribution in [0.3, 0.4) is 0 Å². The molecule has 0 N–H and O–H groups in total. The Morgan fingerprint density at radius 3 is 2.56 bits per heavy atom. The van der Waals surface area contributed by atoms with Crippen LogP contribution in [-0.2, 0) is 4.79 Å². The Hall–Kier alpha value is -2.60. The Balaban J connectivity index is 1.57. The molecular formula is C21H25N3O3. The summed E-state index contributed by atoms with van der Waals surface area (Å²) < 4.78 is 5.53. The molecule has 1 aromatic carbocycles. The third-order valence-corrected chi connectivity index (χ3v) is 5.89. The fourth-order valence-electron chi connectivity index (χ4n) is 4.29. The van der Waals surface area contributed by atoms with Gasteiger partial charge in [-0.15, -0.1) is 0 Å². The third kappa shape index (κ3) is 3.04. The maximum absolute atomic E-state index is 13.0. The van der Waals surface area contributed by atoms with Crippen molar-refractivity contribution in [1.29, 1.82) is 0 Å². The van der Waals surface area contributed by atoms with Crippen LogP contribution in [0.2, 0.25) is 0 Å². The second-order valence-corrected chi connectivity index (χ2v) is 7.70. The number of piperazine rings is 1. The summed E-state index contributed by atoms with van der Waals surface area (Å²) in [4.78, 5) is 31.5. The predicted octanol–water partition coefficient (Wildman–Crippen LogP) is 2.46. The van der Waals surface area contributed by atoms with Crippen molar-refractivity contribution in [1.82, 2.24) is 9.80 Å². The highest BCUT2D eigenvalue weighted by atomic mass is 16.3. The Kier molecular flexibility index (Phi) is 4.30. The number of amides is 2. The number of likely N-dealkylation sites (tertiary alicyclic amines) is 1. The molecule has 0 aliphatic carbocycles. The summed E-state index contributed by atoms with van der Waals surface area (Å²) in [6.45, 7) is 5.94. The normalized spacial score (nSPS) is 23.4. The number of likely N-dealkylation sites (N-methyl/N-ethyl adjacent to an activating group) is 1. The molecule has 27 heavy (non-hydrogen) atoms. The zero-order valence-corrected chi connectivity index (χ0v) is 16.1. The zero-order valence-electron chi connectivity index (χ0n) is 16.1. The van der Waals surface area contributed by atoms with Crippen molar-refractivity contribution >= 4 is 17.5 Å². The van der Waals surface area contributed by atoms with Gasteiger partial charge in [0.25, 0.3) is 5.91 Å². The predicted molar refractivity (Wildman–Crippen MR) is 103 cm³/mol. The maximum Gasteiger partial charge on any atom is 0.257 e. The van der Waals surface area contributed by atoms with E-state index in [9.17, 15) is 9.59 Å². The molecular weight excluding hydrogens is 342 g/mol. The van der Waals surface area contributed by atoms with Crippen molar-refractivity contribution in [2.45, 2.75) is 25.8 Å². The lowest BCUT2D eigenvalue weighted by Gasteiger charge is -2.46. The SMILES string of the molecule is Cc1cc(C(=O)N2CCC3(C2)CN(c2ccccc2)C(=O)CN3C)c(C)o1. The van der Waals surface area contributed by atoms with Gasteiger partial charge in [0.05, 0.1) is 17.6 Å². The summed E-state index contributed by atoms with van der Waals surface area (Å²) in [6, 6.07) is 11.6. The van der Waals surface area contributed by atoms with E-state index in [1.165, 1.54) is 0 Å². The summed E-state index contributed by atoms with van der Waals surface area (Å²) >= 11 is 0. The van der Waals surface area contributed by atoms with Crippen molar-refractivity contribution in [2.24, 2.45) is 0 Å². The van der Waals surface area contributed by atoms with Gasteiger partial charge in [-0.3, -0.25) is 14.5 Å². The van der Waals surface area contributed by atoms with Gasteiger partial charge in [-0.1, -0.05) is 18.2 Å².